The van der Waals surface area contributed by atoms with Crippen molar-refractivity contribution in [3.05, 3.63) is 66.6 Å². The van der Waals surface area contributed by atoms with Crippen LogP contribution in [-0.4, -0.2) is 30.2 Å². The van der Waals surface area contributed by atoms with Crippen molar-refractivity contribution < 1.29 is 4.74 Å². The summed E-state index contributed by atoms with van der Waals surface area (Å²) in [6.45, 7) is 2.04. The number of nitrogens with zero attached hydrogens (tertiary/aromatic N) is 5. The van der Waals surface area contributed by atoms with Gasteiger partial charge in [-0.2, -0.15) is 20.4 Å². The summed E-state index contributed by atoms with van der Waals surface area (Å²) < 4.78 is 8.04. The van der Waals surface area contributed by atoms with Gasteiger partial charge in [0.05, 0.1) is 23.4 Å². The highest BCUT2D eigenvalue weighted by molar-refractivity contribution is 5.93. The van der Waals surface area contributed by atoms with Crippen LogP contribution in [0, 0.1) is 0 Å². The predicted octanol–water partition coefficient (Wildman–Crippen LogP) is 4.05. The summed E-state index contributed by atoms with van der Waals surface area (Å²) in [5, 5.41) is 22.0. The molecule has 5 aromatic rings. The second kappa shape index (κ2) is 6.45. The van der Waals surface area contributed by atoms with E-state index in [9.17, 15) is 0 Å². The molecule has 0 spiro atoms. The lowest BCUT2D eigenvalue weighted by Gasteiger charge is -2.17. The Kier molecular flexibility index (Phi) is 3.79. The molecule has 28 heavy (non-hydrogen) atoms. The Bertz CT molecular complexity index is 1280. The first-order chi connectivity index (χ1) is 13.7. The van der Waals surface area contributed by atoms with Crippen LogP contribution >= 0.6 is 0 Å². The van der Waals surface area contributed by atoms with Gasteiger partial charge in [0.2, 0.25) is 0 Å². The molecule has 0 aliphatic carbocycles. The first kappa shape index (κ1) is 16.4. The number of aryl methyl sites for hydroxylation is 1. The molecule has 0 saturated carbocycles. The van der Waals surface area contributed by atoms with Crippen LogP contribution < -0.4 is 4.74 Å². The largest absolute Gasteiger partial charge is 0.486 e. The number of nitrogens with one attached hydrogen (secondary N) is 1. The van der Waals surface area contributed by atoms with Crippen LogP contribution in [0.4, 0.5) is 0 Å². The number of benzene rings is 2. The maximum Gasteiger partial charge on any atom is 0.122 e. The Morgan fingerprint density at radius 1 is 1.11 bits per heavy atom. The van der Waals surface area contributed by atoms with Gasteiger partial charge < -0.3 is 4.74 Å². The van der Waals surface area contributed by atoms with Crippen LogP contribution in [0.3, 0.4) is 0 Å². The van der Waals surface area contributed by atoms with Crippen molar-refractivity contribution >= 4 is 21.8 Å². The molecule has 138 valence electrons. The Morgan fingerprint density at radius 2 is 2.04 bits per heavy atom. The molecule has 0 aliphatic rings. The van der Waals surface area contributed by atoms with E-state index in [1.807, 2.05) is 62.8 Å². The van der Waals surface area contributed by atoms with Crippen molar-refractivity contribution in [3.63, 3.8) is 0 Å². The molecule has 0 amide bonds. The number of hydrogen-bond acceptors (Lipinski definition) is 5. The highest BCUT2D eigenvalue weighted by atomic mass is 16.5. The van der Waals surface area contributed by atoms with Crippen molar-refractivity contribution in [1.29, 1.82) is 0 Å². The zero-order valence-corrected chi connectivity index (χ0v) is 15.5. The number of fused-ring (bicyclic) bond motifs is 2. The third-order valence-corrected chi connectivity index (χ3v) is 4.85. The molecule has 3 aromatic heterocycles. The molecule has 0 bridgehead atoms. The lowest BCUT2D eigenvalue weighted by atomic mass is 10.0. The number of H-pyrrole nitrogens is 1. The molecule has 5 rings (SSSR count). The molecule has 7 heteroatoms. The molecule has 0 aliphatic heterocycles. The zero-order chi connectivity index (χ0) is 19.1. The second-order valence-electron chi connectivity index (χ2n) is 6.75. The predicted molar refractivity (Wildman–Crippen MR) is 107 cm³/mol. The molecule has 1 N–H and O–H groups in total. The van der Waals surface area contributed by atoms with Crippen molar-refractivity contribution in [2.24, 2.45) is 7.05 Å². The van der Waals surface area contributed by atoms with Crippen LogP contribution in [-0.2, 0) is 7.05 Å². The maximum absolute atomic E-state index is 6.27. The van der Waals surface area contributed by atoms with Crippen LogP contribution in [0.25, 0.3) is 33.1 Å². The fourth-order valence-corrected chi connectivity index (χ4v) is 3.49. The molecular formula is C21H18N6O. The standard InChI is InChI=1S/C21H18N6O/c1-13(16-4-3-5-19-17(16)8-9-22-24-19)28-15-6-7-20-18(10-15)21(26-25-20)14-11-23-27(2)12-14/h3-13H,1-2H3,(H,25,26). The van der Waals surface area contributed by atoms with Crippen LogP contribution in [0.1, 0.15) is 18.6 Å². The van der Waals surface area contributed by atoms with E-state index in [0.29, 0.717) is 0 Å². The summed E-state index contributed by atoms with van der Waals surface area (Å²) in [4.78, 5) is 0. The van der Waals surface area contributed by atoms with E-state index in [4.69, 9.17) is 4.74 Å². The summed E-state index contributed by atoms with van der Waals surface area (Å²) >= 11 is 0. The van der Waals surface area contributed by atoms with E-state index in [1.54, 1.807) is 10.9 Å². The quantitative estimate of drug-likeness (QED) is 0.516. The molecule has 0 radical (unpaired) electrons. The van der Waals surface area contributed by atoms with Gasteiger partial charge >= 0.3 is 0 Å². The topological polar surface area (TPSA) is 81.5 Å². The molecule has 0 fully saturated rings. The van der Waals surface area contributed by atoms with Gasteiger partial charge in [-0.15, -0.1) is 0 Å². The van der Waals surface area contributed by atoms with Gasteiger partial charge in [-0.25, -0.2) is 0 Å². The molecule has 1 atom stereocenters. The number of hydrogen-bond donors (Lipinski definition) is 1. The van der Waals surface area contributed by atoms with Gasteiger partial charge in [-0.05, 0) is 37.3 Å². The second-order valence-corrected chi connectivity index (χ2v) is 6.75. The smallest absolute Gasteiger partial charge is 0.122 e. The Hall–Kier alpha value is -3.74. The van der Waals surface area contributed by atoms with Crippen molar-refractivity contribution in [2.45, 2.75) is 13.0 Å². The SMILES string of the molecule is CC(Oc1ccc2[nH]nc(-c3cnn(C)c3)c2c1)c1cccc2nnccc12. The molecular weight excluding hydrogens is 352 g/mol. The van der Waals surface area contributed by atoms with E-state index in [0.717, 1.165) is 44.4 Å². The fraction of sp³-hybridized carbons (Fsp3) is 0.143. The Balaban J connectivity index is 1.51. The average Bonchev–Trinajstić information content (AvgIpc) is 3.33. The van der Waals surface area contributed by atoms with Crippen molar-refractivity contribution in [3.8, 4) is 17.0 Å². The van der Waals surface area contributed by atoms with Crippen LogP contribution in [0.5, 0.6) is 5.75 Å². The Morgan fingerprint density at radius 3 is 2.89 bits per heavy atom. The summed E-state index contributed by atoms with van der Waals surface area (Å²) in [5.41, 5.74) is 4.72. The molecule has 0 saturated heterocycles. The summed E-state index contributed by atoms with van der Waals surface area (Å²) in [6.07, 6.45) is 5.32. The van der Waals surface area contributed by atoms with E-state index in [2.05, 4.69) is 31.6 Å². The summed E-state index contributed by atoms with van der Waals surface area (Å²) in [7, 11) is 1.89. The third kappa shape index (κ3) is 2.77. The van der Waals surface area contributed by atoms with Gasteiger partial charge in [0.1, 0.15) is 17.5 Å². The molecule has 1 unspecified atom stereocenters. The molecule has 3 heterocycles. The van der Waals surface area contributed by atoms with E-state index >= 15 is 0 Å². The zero-order valence-electron chi connectivity index (χ0n) is 15.5. The van der Waals surface area contributed by atoms with Gasteiger partial charge in [0, 0.05) is 35.1 Å². The highest BCUT2D eigenvalue weighted by Gasteiger charge is 2.14. The number of rotatable bonds is 4. The maximum atomic E-state index is 6.27. The lowest BCUT2D eigenvalue weighted by molar-refractivity contribution is 0.229. The highest BCUT2D eigenvalue weighted by Crippen LogP contribution is 2.32. The normalized spacial score (nSPS) is 12.5. The average molecular weight is 370 g/mol. The van der Waals surface area contributed by atoms with Gasteiger partial charge in [0.15, 0.2) is 0 Å². The van der Waals surface area contributed by atoms with Crippen LogP contribution in [0.2, 0.25) is 0 Å². The minimum absolute atomic E-state index is 0.140. The van der Waals surface area contributed by atoms with E-state index in [1.165, 1.54) is 0 Å². The first-order valence-electron chi connectivity index (χ1n) is 9.03. The lowest BCUT2D eigenvalue weighted by Crippen LogP contribution is -2.04. The molecule has 2 aromatic carbocycles. The minimum Gasteiger partial charge on any atom is -0.486 e. The number of ether oxygens (including phenoxy) is 1. The Labute approximate surface area is 161 Å². The van der Waals surface area contributed by atoms with Crippen molar-refractivity contribution in [2.75, 3.05) is 0 Å². The number of aromatic nitrogens is 6. The van der Waals surface area contributed by atoms with Crippen LogP contribution in [0.15, 0.2) is 61.1 Å². The summed E-state index contributed by atoms with van der Waals surface area (Å²) in [6, 6.07) is 13.9. The van der Waals surface area contributed by atoms with E-state index < -0.39 is 0 Å². The monoisotopic (exact) mass is 370 g/mol. The van der Waals surface area contributed by atoms with Gasteiger partial charge in [-0.1, -0.05) is 12.1 Å². The number of aromatic amines is 1. The third-order valence-electron chi connectivity index (χ3n) is 4.85. The fourth-order valence-electron chi connectivity index (χ4n) is 3.49. The van der Waals surface area contributed by atoms with Gasteiger partial charge in [0.25, 0.3) is 0 Å². The van der Waals surface area contributed by atoms with E-state index in [-0.39, 0.29) is 6.10 Å². The summed E-state index contributed by atoms with van der Waals surface area (Å²) in [5.74, 6) is 0.783. The molecule has 7 nitrogen and oxygen atoms in total. The first-order valence-corrected chi connectivity index (χ1v) is 9.03. The van der Waals surface area contributed by atoms with Gasteiger partial charge in [-0.3, -0.25) is 9.78 Å². The van der Waals surface area contributed by atoms with Crippen molar-refractivity contribution in [1.82, 2.24) is 30.2 Å². The minimum atomic E-state index is -0.140.